The van der Waals surface area contributed by atoms with E-state index in [4.69, 9.17) is 14.2 Å². The Kier molecular flexibility index (Phi) is 5.14. The lowest BCUT2D eigenvalue weighted by atomic mass is 9.83. The molecule has 0 radical (unpaired) electrons. The highest BCUT2D eigenvalue weighted by Crippen LogP contribution is 2.42. The van der Waals surface area contributed by atoms with Gasteiger partial charge in [-0.3, -0.25) is 0 Å². The van der Waals surface area contributed by atoms with Gasteiger partial charge in [0.25, 0.3) is 0 Å². The molecule has 5 atom stereocenters. The summed E-state index contributed by atoms with van der Waals surface area (Å²) in [4.78, 5) is 24.7. The normalized spacial score (nSPS) is 36.1. The Morgan fingerprint density at radius 3 is 2.74 bits per heavy atom. The summed E-state index contributed by atoms with van der Waals surface area (Å²) in [5.74, 6) is -3.05. The molecule has 3 rings (SSSR count). The Hall–Kier alpha value is -2.18. The molecule has 5 unspecified atom stereocenters. The van der Waals surface area contributed by atoms with Crippen LogP contribution in [0.1, 0.15) is 40.5 Å². The maximum Gasteiger partial charge on any atom is 0.334 e. The van der Waals surface area contributed by atoms with Gasteiger partial charge in [-0.2, -0.15) is 0 Å². The molecule has 3 aliphatic rings. The van der Waals surface area contributed by atoms with Gasteiger partial charge in [-0.05, 0) is 50.5 Å². The van der Waals surface area contributed by atoms with Gasteiger partial charge in [0.05, 0.1) is 12.0 Å². The number of hydrogen-bond donors (Lipinski definition) is 1. The van der Waals surface area contributed by atoms with E-state index in [0.717, 1.165) is 5.57 Å². The molecule has 0 saturated carbocycles. The standard InChI is InChI=1S/C21H26O6/c1-6-7-11(2)19(22)26-18-13(4)10-21(24)9-12(3)15(27-21)8-16-17(18)14(5)20(23)25-16/h7,9-10,15-18,24H,5-6,8H2,1-4H3. The molecule has 1 saturated heterocycles. The third-order valence-electron chi connectivity index (χ3n) is 5.32. The number of carbonyl (C=O) groups excluding carboxylic acids is 2. The van der Waals surface area contributed by atoms with Gasteiger partial charge in [-0.25, -0.2) is 9.59 Å². The zero-order chi connectivity index (χ0) is 19.9. The van der Waals surface area contributed by atoms with Crippen LogP contribution in [0.25, 0.3) is 0 Å². The Morgan fingerprint density at radius 1 is 1.41 bits per heavy atom. The van der Waals surface area contributed by atoms with Gasteiger partial charge in [-0.1, -0.05) is 19.6 Å². The molecule has 0 aliphatic carbocycles. The van der Waals surface area contributed by atoms with E-state index in [2.05, 4.69) is 6.58 Å². The van der Waals surface area contributed by atoms with Gasteiger partial charge in [0.1, 0.15) is 12.2 Å². The smallest absolute Gasteiger partial charge is 0.334 e. The second kappa shape index (κ2) is 7.09. The van der Waals surface area contributed by atoms with Crippen molar-refractivity contribution in [3.8, 4) is 0 Å². The van der Waals surface area contributed by atoms with Crippen molar-refractivity contribution in [2.45, 2.75) is 64.6 Å². The quantitative estimate of drug-likeness (QED) is 0.465. The topological polar surface area (TPSA) is 82.1 Å². The summed E-state index contributed by atoms with van der Waals surface area (Å²) in [7, 11) is 0. The minimum absolute atomic E-state index is 0.272. The third kappa shape index (κ3) is 3.64. The van der Waals surface area contributed by atoms with Crippen LogP contribution in [0.5, 0.6) is 0 Å². The molecule has 0 amide bonds. The fraction of sp³-hybridized carbons (Fsp3) is 0.524. The first-order chi connectivity index (χ1) is 12.6. The average Bonchev–Trinajstić information content (AvgIpc) is 3.01. The van der Waals surface area contributed by atoms with E-state index < -0.39 is 35.9 Å². The van der Waals surface area contributed by atoms with Crippen LogP contribution in [0.4, 0.5) is 0 Å². The molecule has 2 bridgehead atoms. The van der Waals surface area contributed by atoms with Gasteiger partial charge in [0.2, 0.25) is 5.79 Å². The molecule has 3 aliphatic heterocycles. The minimum atomic E-state index is -1.57. The lowest BCUT2D eigenvalue weighted by Gasteiger charge is -2.28. The maximum atomic E-state index is 12.5. The average molecular weight is 374 g/mol. The van der Waals surface area contributed by atoms with Gasteiger partial charge in [0.15, 0.2) is 0 Å². The van der Waals surface area contributed by atoms with Crippen molar-refractivity contribution >= 4 is 11.9 Å². The van der Waals surface area contributed by atoms with Gasteiger partial charge in [0, 0.05) is 17.6 Å². The minimum Gasteiger partial charge on any atom is -0.458 e. The molecule has 0 aromatic heterocycles. The van der Waals surface area contributed by atoms with E-state index in [9.17, 15) is 14.7 Å². The Morgan fingerprint density at radius 2 is 2.07 bits per heavy atom. The SMILES string of the molecule is C=C1C(=O)OC2CC3OC(O)(C=C3C)C=C(C)C(OC(=O)C(C)=CCC)C12. The van der Waals surface area contributed by atoms with E-state index >= 15 is 0 Å². The summed E-state index contributed by atoms with van der Waals surface area (Å²) in [5, 5.41) is 10.8. The summed E-state index contributed by atoms with van der Waals surface area (Å²) in [6, 6.07) is 0. The molecular weight excluding hydrogens is 348 g/mol. The Balaban J connectivity index is 2.03. The van der Waals surface area contributed by atoms with Crippen molar-refractivity contribution in [2.24, 2.45) is 5.92 Å². The van der Waals surface area contributed by atoms with E-state index in [1.54, 1.807) is 26.0 Å². The molecule has 3 heterocycles. The third-order valence-corrected chi connectivity index (χ3v) is 5.32. The number of esters is 2. The van der Waals surface area contributed by atoms with Crippen LogP contribution in [-0.2, 0) is 23.8 Å². The monoisotopic (exact) mass is 374 g/mol. The molecular formula is C21H26O6. The first-order valence-electron chi connectivity index (χ1n) is 9.21. The van der Waals surface area contributed by atoms with Crippen molar-refractivity contribution in [3.63, 3.8) is 0 Å². The van der Waals surface area contributed by atoms with Crippen LogP contribution in [0.3, 0.4) is 0 Å². The number of ether oxygens (including phenoxy) is 3. The highest BCUT2D eigenvalue weighted by Gasteiger charge is 2.50. The van der Waals surface area contributed by atoms with Crippen LogP contribution in [0, 0.1) is 5.92 Å². The van der Waals surface area contributed by atoms with E-state index in [0.29, 0.717) is 24.0 Å². The zero-order valence-corrected chi connectivity index (χ0v) is 16.2. The highest BCUT2D eigenvalue weighted by molar-refractivity contribution is 5.92. The van der Waals surface area contributed by atoms with Crippen LogP contribution in [0.2, 0.25) is 0 Å². The lowest BCUT2D eigenvalue weighted by molar-refractivity contribution is -0.151. The van der Waals surface area contributed by atoms with E-state index in [1.165, 1.54) is 6.08 Å². The fourth-order valence-corrected chi connectivity index (χ4v) is 3.97. The summed E-state index contributed by atoms with van der Waals surface area (Å²) in [5.41, 5.74) is 2.21. The summed E-state index contributed by atoms with van der Waals surface area (Å²) in [6.45, 7) is 11.1. The molecule has 0 aromatic rings. The van der Waals surface area contributed by atoms with Crippen molar-refractivity contribution in [1.82, 2.24) is 0 Å². The highest BCUT2D eigenvalue weighted by atomic mass is 16.6. The molecule has 146 valence electrons. The van der Waals surface area contributed by atoms with Crippen LogP contribution in [-0.4, -0.2) is 41.1 Å². The van der Waals surface area contributed by atoms with Crippen molar-refractivity contribution in [1.29, 1.82) is 0 Å². The molecule has 6 heteroatoms. The predicted molar refractivity (Wildman–Crippen MR) is 98.4 cm³/mol. The van der Waals surface area contributed by atoms with Crippen LogP contribution >= 0.6 is 0 Å². The molecule has 1 N–H and O–H groups in total. The van der Waals surface area contributed by atoms with E-state index in [-0.39, 0.29) is 11.7 Å². The van der Waals surface area contributed by atoms with E-state index in [1.807, 2.05) is 13.8 Å². The Bertz CT molecular complexity index is 774. The second-order valence-electron chi connectivity index (χ2n) is 7.49. The second-order valence-corrected chi connectivity index (χ2v) is 7.49. The largest absolute Gasteiger partial charge is 0.458 e. The number of fused-ring (bicyclic) bond motifs is 3. The van der Waals surface area contributed by atoms with Gasteiger partial charge < -0.3 is 19.3 Å². The Labute approximate surface area is 159 Å². The molecule has 27 heavy (non-hydrogen) atoms. The van der Waals surface area contributed by atoms with Crippen molar-refractivity contribution in [2.75, 3.05) is 0 Å². The van der Waals surface area contributed by atoms with Crippen LogP contribution in [0.15, 0.2) is 47.1 Å². The van der Waals surface area contributed by atoms with Gasteiger partial charge in [-0.15, -0.1) is 0 Å². The van der Waals surface area contributed by atoms with Crippen LogP contribution < -0.4 is 0 Å². The first kappa shape index (κ1) is 19.6. The number of hydrogen-bond acceptors (Lipinski definition) is 6. The zero-order valence-electron chi connectivity index (χ0n) is 16.2. The fourth-order valence-electron chi connectivity index (χ4n) is 3.97. The molecule has 6 nitrogen and oxygen atoms in total. The first-order valence-corrected chi connectivity index (χ1v) is 9.21. The van der Waals surface area contributed by atoms with Crippen molar-refractivity contribution < 1.29 is 28.9 Å². The lowest BCUT2D eigenvalue weighted by Crippen LogP contribution is -2.36. The van der Waals surface area contributed by atoms with Gasteiger partial charge >= 0.3 is 11.9 Å². The number of aliphatic hydroxyl groups is 1. The molecule has 1 fully saturated rings. The molecule has 0 spiro atoms. The van der Waals surface area contributed by atoms with Crippen molar-refractivity contribution in [3.05, 3.63) is 47.1 Å². The maximum absolute atomic E-state index is 12.5. The summed E-state index contributed by atoms with van der Waals surface area (Å²) < 4.78 is 17.1. The number of carbonyl (C=O) groups is 2. The number of allylic oxidation sites excluding steroid dienone is 1. The summed E-state index contributed by atoms with van der Waals surface area (Å²) in [6.07, 6.45) is 4.31. The predicted octanol–water partition coefficient (Wildman–Crippen LogP) is 2.74. The molecule has 0 aromatic carbocycles. The number of rotatable bonds is 3. The summed E-state index contributed by atoms with van der Waals surface area (Å²) >= 11 is 0.